The Morgan fingerprint density at radius 2 is 2.00 bits per heavy atom. The van der Waals surface area contributed by atoms with Crippen molar-refractivity contribution in [2.75, 3.05) is 12.8 Å². The van der Waals surface area contributed by atoms with E-state index in [2.05, 4.69) is 0 Å². The van der Waals surface area contributed by atoms with Gasteiger partial charge in [0.1, 0.15) is 0 Å². The van der Waals surface area contributed by atoms with Gasteiger partial charge in [0.05, 0.1) is 4.90 Å². The van der Waals surface area contributed by atoms with E-state index in [1.165, 1.54) is 4.31 Å². The van der Waals surface area contributed by atoms with Gasteiger partial charge >= 0.3 is 0 Å². The highest BCUT2D eigenvalue weighted by Gasteiger charge is 2.36. The van der Waals surface area contributed by atoms with Gasteiger partial charge in [-0.3, -0.25) is 0 Å². The van der Waals surface area contributed by atoms with E-state index >= 15 is 0 Å². The van der Waals surface area contributed by atoms with Crippen LogP contribution in [-0.2, 0) is 10.0 Å². The smallest absolute Gasteiger partial charge is 0.243 e. The quantitative estimate of drug-likeness (QED) is 0.849. The van der Waals surface area contributed by atoms with Crippen molar-refractivity contribution < 1.29 is 8.42 Å². The number of hydrogen-bond donors (Lipinski definition) is 1. The number of anilines is 1. The predicted molar refractivity (Wildman–Crippen MR) is 72.7 cm³/mol. The fraction of sp³-hybridized carbons (Fsp3) is 0.538. The number of rotatable bonds is 4. The van der Waals surface area contributed by atoms with Gasteiger partial charge in [-0.15, -0.1) is 0 Å². The van der Waals surface area contributed by atoms with Crippen LogP contribution in [0.2, 0.25) is 0 Å². The Balaban J connectivity index is 2.38. The first-order chi connectivity index (χ1) is 8.35. The van der Waals surface area contributed by atoms with Crippen LogP contribution in [0.1, 0.15) is 25.3 Å². The molecule has 0 radical (unpaired) electrons. The lowest BCUT2D eigenvalue weighted by atomic mass is 10.2. The van der Waals surface area contributed by atoms with E-state index in [0.29, 0.717) is 22.1 Å². The van der Waals surface area contributed by atoms with E-state index in [4.69, 9.17) is 5.73 Å². The van der Waals surface area contributed by atoms with Crippen LogP contribution in [-0.4, -0.2) is 25.8 Å². The molecule has 0 saturated heterocycles. The molecule has 0 spiro atoms. The second kappa shape index (κ2) is 4.55. The number of nitrogen functional groups attached to an aromatic ring is 1. The highest BCUT2D eigenvalue weighted by molar-refractivity contribution is 7.89. The lowest BCUT2D eigenvalue weighted by molar-refractivity contribution is 0.357. The highest BCUT2D eigenvalue weighted by Crippen LogP contribution is 2.36. The molecule has 1 unspecified atom stereocenters. The van der Waals surface area contributed by atoms with Crippen molar-refractivity contribution >= 4 is 15.7 Å². The number of hydrogen-bond acceptors (Lipinski definition) is 3. The van der Waals surface area contributed by atoms with Gasteiger partial charge in [0.25, 0.3) is 0 Å². The van der Waals surface area contributed by atoms with Crippen LogP contribution in [0.15, 0.2) is 23.1 Å². The Morgan fingerprint density at radius 3 is 2.56 bits per heavy atom. The van der Waals surface area contributed by atoms with Crippen LogP contribution >= 0.6 is 0 Å². The monoisotopic (exact) mass is 268 g/mol. The summed E-state index contributed by atoms with van der Waals surface area (Å²) in [6.07, 6.45) is 2.24. The molecule has 2 rings (SSSR count). The van der Waals surface area contributed by atoms with Crippen LogP contribution in [0.5, 0.6) is 0 Å². The van der Waals surface area contributed by atoms with Crippen LogP contribution in [0.25, 0.3) is 0 Å². The third-order valence-electron chi connectivity index (χ3n) is 3.86. The molecule has 1 saturated carbocycles. The van der Waals surface area contributed by atoms with Gasteiger partial charge < -0.3 is 5.73 Å². The third-order valence-corrected chi connectivity index (χ3v) is 5.95. The van der Waals surface area contributed by atoms with E-state index < -0.39 is 10.0 Å². The summed E-state index contributed by atoms with van der Waals surface area (Å²) in [6, 6.07) is 5.08. The van der Waals surface area contributed by atoms with Gasteiger partial charge in [-0.2, -0.15) is 4.31 Å². The molecule has 2 N–H and O–H groups in total. The Kier molecular flexibility index (Phi) is 3.38. The number of sulfonamides is 1. The maximum absolute atomic E-state index is 12.5. The van der Waals surface area contributed by atoms with E-state index in [9.17, 15) is 8.42 Å². The van der Waals surface area contributed by atoms with Crippen LogP contribution in [0.3, 0.4) is 0 Å². The summed E-state index contributed by atoms with van der Waals surface area (Å²) in [5.41, 5.74) is 6.93. The molecular weight excluding hydrogens is 248 g/mol. The Labute approximate surface area is 109 Å². The first-order valence-electron chi connectivity index (χ1n) is 6.19. The molecule has 18 heavy (non-hydrogen) atoms. The van der Waals surface area contributed by atoms with Gasteiger partial charge in [-0.1, -0.05) is 6.07 Å². The molecule has 5 heteroatoms. The van der Waals surface area contributed by atoms with Crippen molar-refractivity contribution in [3.63, 3.8) is 0 Å². The van der Waals surface area contributed by atoms with E-state index in [1.54, 1.807) is 32.2 Å². The molecule has 1 aliphatic rings. The Morgan fingerprint density at radius 1 is 1.39 bits per heavy atom. The highest BCUT2D eigenvalue weighted by atomic mass is 32.2. The first-order valence-corrected chi connectivity index (χ1v) is 7.63. The summed E-state index contributed by atoms with van der Waals surface area (Å²) in [7, 11) is -1.79. The van der Waals surface area contributed by atoms with Crippen molar-refractivity contribution in [3.05, 3.63) is 23.8 Å². The standard InChI is InChI=1S/C13H20N2O2S/c1-9-12(14)5-4-6-13(9)18(16,17)15(3)10(2)11-7-8-11/h4-6,10-11H,7-8,14H2,1-3H3. The molecule has 100 valence electrons. The molecule has 0 heterocycles. The maximum atomic E-state index is 12.5. The predicted octanol–water partition coefficient (Wildman–Crippen LogP) is 2.00. The molecule has 0 bridgehead atoms. The van der Waals surface area contributed by atoms with Gasteiger partial charge in [-0.05, 0) is 50.3 Å². The summed E-state index contributed by atoms with van der Waals surface area (Å²) < 4.78 is 26.6. The van der Waals surface area contributed by atoms with E-state index in [0.717, 1.165) is 12.8 Å². The molecule has 1 fully saturated rings. The molecule has 4 nitrogen and oxygen atoms in total. The minimum absolute atomic E-state index is 0.0517. The van der Waals surface area contributed by atoms with Crippen molar-refractivity contribution in [1.82, 2.24) is 4.31 Å². The van der Waals surface area contributed by atoms with Crippen LogP contribution < -0.4 is 5.73 Å². The molecule has 1 atom stereocenters. The van der Waals surface area contributed by atoms with Crippen LogP contribution in [0, 0.1) is 12.8 Å². The van der Waals surface area contributed by atoms with Gasteiger partial charge in [0.15, 0.2) is 0 Å². The fourth-order valence-electron chi connectivity index (χ4n) is 2.16. The third kappa shape index (κ3) is 2.24. The molecule has 1 aromatic rings. The molecule has 0 amide bonds. The minimum Gasteiger partial charge on any atom is -0.398 e. The minimum atomic E-state index is -3.44. The topological polar surface area (TPSA) is 63.4 Å². The largest absolute Gasteiger partial charge is 0.398 e. The second-order valence-corrected chi connectivity index (χ2v) is 7.04. The van der Waals surface area contributed by atoms with E-state index in [-0.39, 0.29) is 6.04 Å². The number of nitrogens with zero attached hydrogens (tertiary/aromatic N) is 1. The van der Waals surface area contributed by atoms with Gasteiger partial charge in [-0.25, -0.2) is 8.42 Å². The molecule has 0 aliphatic heterocycles. The summed E-state index contributed by atoms with van der Waals surface area (Å²) in [6.45, 7) is 3.72. The van der Waals surface area contributed by atoms with Crippen LogP contribution in [0.4, 0.5) is 5.69 Å². The fourth-order valence-corrected chi connectivity index (χ4v) is 3.84. The van der Waals surface area contributed by atoms with E-state index in [1.807, 2.05) is 6.92 Å². The van der Waals surface area contributed by atoms with Gasteiger partial charge in [0, 0.05) is 18.8 Å². The normalized spacial score (nSPS) is 18.0. The van der Waals surface area contributed by atoms with Crippen molar-refractivity contribution in [1.29, 1.82) is 0 Å². The SMILES string of the molecule is Cc1c(N)cccc1S(=O)(=O)N(C)C(C)C1CC1. The summed E-state index contributed by atoms with van der Waals surface area (Å²) >= 11 is 0. The Hall–Kier alpha value is -1.07. The molecule has 1 aliphatic carbocycles. The summed E-state index contributed by atoms with van der Waals surface area (Å²) in [5, 5.41) is 0. The van der Waals surface area contributed by atoms with Crippen molar-refractivity contribution in [3.8, 4) is 0 Å². The zero-order valence-corrected chi connectivity index (χ0v) is 11.9. The zero-order valence-electron chi connectivity index (χ0n) is 11.1. The number of nitrogens with two attached hydrogens (primary N) is 1. The molecule has 1 aromatic carbocycles. The van der Waals surface area contributed by atoms with Crippen molar-refractivity contribution in [2.24, 2.45) is 5.92 Å². The second-order valence-electron chi connectivity index (χ2n) is 5.07. The molecular formula is C13H20N2O2S. The lowest BCUT2D eigenvalue weighted by Gasteiger charge is -2.25. The summed E-state index contributed by atoms with van der Waals surface area (Å²) in [4.78, 5) is 0.317. The number of benzene rings is 1. The van der Waals surface area contributed by atoms with Gasteiger partial charge in [0.2, 0.25) is 10.0 Å². The first kappa shape index (κ1) is 13.4. The molecule has 0 aromatic heterocycles. The average molecular weight is 268 g/mol. The summed E-state index contributed by atoms with van der Waals surface area (Å²) in [5.74, 6) is 0.506. The lowest BCUT2D eigenvalue weighted by Crippen LogP contribution is -2.36. The zero-order chi connectivity index (χ0) is 13.5. The van der Waals surface area contributed by atoms with Crippen molar-refractivity contribution in [2.45, 2.75) is 37.6 Å². The maximum Gasteiger partial charge on any atom is 0.243 e. The average Bonchev–Trinajstić information content (AvgIpc) is 3.14. The Bertz CT molecular complexity index is 550.